The SMILES string of the molecule is C#Cc1c(F)ccc2cc(C)cc(C(C)C)c12. The Morgan fingerprint density at radius 1 is 1.24 bits per heavy atom. The Hall–Kier alpha value is -1.81. The lowest BCUT2D eigenvalue weighted by Crippen LogP contribution is -1.96. The molecule has 0 aliphatic rings. The summed E-state index contributed by atoms with van der Waals surface area (Å²) >= 11 is 0. The van der Waals surface area contributed by atoms with Crippen molar-refractivity contribution < 1.29 is 4.39 Å². The highest BCUT2D eigenvalue weighted by Gasteiger charge is 2.12. The van der Waals surface area contributed by atoms with Gasteiger partial charge in [0.05, 0.1) is 5.56 Å². The number of hydrogen-bond acceptors (Lipinski definition) is 0. The van der Waals surface area contributed by atoms with Crippen LogP contribution in [0.2, 0.25) is 0 Å². The molecule has 1 heteroatoms. The molecular formula is C16H15F. The first kappa shape index (κ1) is 11.7. The van der Waals surface area contributed by atoms with Crippen LogP contribution in [-0.2, 0) is 0 Å². The second-order valence-corrected chi connectivity index (χ2v) is 4.67. The molecule has 0 N–H and O–H groups in total. The van der Waals surface area contributed by atoms with Crippen LogP contribution < -0.4 is 0 Å². The van der Waals surface area contributed by atoms with E-state index in [9.17, 15) is 4.39 Å². The molecule has 2 rings (SSSR count). The highest BCUT2D eigenvalue weighted by molar-refractivity contribution is 5.92. The molecule has 0 bridgehead atoms. The first-order chi connectivity index (χ1) is 8.04. The summed E-state index contributed by atoms with van der Waals surface area (Å²) in [6, 6.07) is 7.38. The molecule has 0 saturated carbocycles. The zero-order valence-corrected chi connectivity index (χ0v) is 10.3. The summed E-state index contributed by atoms with van der Waals surface area (Å²) in [7, 11) is 0. The lowest BCUT2D eigenvalue weighted by atomic mass is 9.91. The van der Waals surface area contributed by atoms with Gasteiger partial charge < -0.3 is 0 Å². The Kier molecular flexibility index (Phi) is 2.90. The van der Waals surface area contributed by atoms with Gasteiger partial charge in [-0.15, -0.1) is 6.42 Å². The van der Waals surface area contributed by atoms with Gasteiger partial charge in [0.15, 0.2) is 0 Å². The monoisotopic (exact) mass is 226 g/mol. The third-order valence-corrected chi connectivity index (χ3v) is 3.01. The van der Waals surface area contributed by atoms with E-state index in [1.54, 1.807) is 6.07 Å². The molecule has 0 atom stereocenters. The Morgan fingerprint density at radius 3 is 2.53 bits per heavy atom. The summed E-state index contributed by atoms with van der Waals surface area (Å²) in [6.07, 6.45) is 5.43. The van der Waals surface area contributed by atoms with Crippen LogP contribution in [0.3, 0.4) is 0 Å². The molecule has 0 spiro atoms. The maximum atomic E-state index is 13.7. The Morgan fingerprint density at radius 2 is 1.94 bits per heavy atom. The molecule has 0 heterocycles. The molecule has 0 radical (unpaired) electrons. The van der Waals surface area contributed by atoms with Crippen molar-refractivity contribution in [3.05, 3.63) is 46.8 Å². The van der Waals surface area contributed by atoms with Gasteiger partial charge in [-0.25, -0.2) is 4.39 Å². The predicted molar refractivity (Wildman–Crippen MR) is 70.7 cm³/mol. The van der Waals surface area contributed by atoms with E-state index >= 15 is 0 Å². The maximum Gasteiger partial charge on any atom is 0.139 e. The minimum atomic E-state index is -0.314. The average Bonchev–Trinajstić information content (AvgIpc) is 2.28. The van der Waals surface area contributed by atoms with Gasteiger partial charge in [0.2, 0.25) is 0 Å². The van der Waals surface area contributed by atoms with Crippen molar-refractivity contribution in [3.8, 4) is 12.3 Å². The van der Waals surface area contributed by atoms with Crippen LogP contribution >= 0.6 is 0 Å². The molecular weight excluding hydrogens is 211 g/mol. The zero-order valence-electron chi connectivity index (χ0n) is 10.3. The molecule has 0 nitrogen and oxygen atoms in total. The number of hydrogen-bond donors (Lipinski definition) is 0. The van der Waals surface area contributed by atoms with Gasteiger partial charge >= 0.3 is 0 Å². The van der Waals surface area contributed by atoms with E-state index < -0.39 is 0 Å². The van der Waals surface area contributed by atoms with Crippen LogP contribution in [0.25, 0.3) is 10.8 Å². The van der Waals surface area contributed by atoms with Crippen LogP contribution in [-0.4, -0.2) is 0 Å². The Labute approximate surface area is 101 Å². The molecule has 0 aliphatic heterocycles. The van der Waals surface area contributed by atoms with E-state index in [0.29, 0.717) is 11.5 Å². The quantitative estimate of drug-likeness (QED) is 0.632. The summed E-state index contributed by atoms with van der Waals surface area (Å²) in [6.45, 7) is 6.24. The molecule has 17 heavy (non-hydrogen) atoms. The summed E-state index contributed by atoms with van der Waals surface area (Å²) in [5.74, 6) is 2.49. The first-order valence-corrected chi connectivity index (χ1v) is 5.74. The lowest BCUT2D eigenvalue weighted by molar-refractivity contribution is 0.626. The summed E-state index contributed by atoms with van der Waals surface area (Å²) in [5.41, 5.74) is 2.68. The van der Waals surface area contributed by atoms with Gasteiger partial charge in [-0.1, -0.05) is 43.5 Å². The molecule has 0 aromatic heterocycles. The van der Waals surface area contributed by atoms with E-state index in [0.717, 1.165) is 16.3 Å². The van der Waals surface area contributed by atoms with Crippen molar-refractivity contribution >= 4 is 10.8 Å². The lowest BCUT2D eigenvalue weighted by Gasteiger charge is -2.13. The van der Waals surface area contributed by atoms with Gasteiger partial charge in [0, 0.05) is 5.39 Å². The van der Waals surface area contributed by atoms with Crippen molar-refractivity contribution in [2.24, 2.45) is 0 Å². The standard InChI is InChI=1S/C16H15F/c1-5-13-15(17)7-6-12-8-11(4)9-14(10(2)3)16(12)13/h1,6-10H,2-4H3. The maximum absolute atomic E-state index is 13.7. The van der Waals surface area contributed by atoms with E-state index in [1.165, 1.54) is 11.6 Å². The van der Waals surface area contributed by atoms with Crippen molar-refractivity contribution in [3.63, 3.8) is 0 Å². The molecule has 0 unspecified atom stereocenters. The largest absolute Gasteiger partial charge is 0.206 e. The van der Waals surface area contributed by atoms with Gasteiger partial charge in [-0.2, -0.15) is 0 Å². The van der Waals surface area contributed by atoms with Crippen LogP contribution in [0, 0.1) is 25.1 Å². The van der Waals surface area contributed by atoms with Gasteiger partial charge in [-0.3, -0.25) is 0 Å². The number of benzene rings is 2. The van der Waals surface area contributed by atoms with Gasteiger partial charge in [0.1, 0.15) is 5.82 Å². The van der Waals surface area contributed by atoms with Crippen molar-refractivity contribution in [1.29, 1.82) is 0 Å². The van der Waals surface area contributed by atoms with Crippen molar-refractivity contribution in [2.75, 3.05) is 0 Å². The number of halogens is 1. The second-order valence-electron chi connectivity index (χ2n) is 4.67. The van der Waals surface area contributed by atoms with Crippen molar-refractivity contribution in [2.45, 2.75) is 26.7 Å². The predicted octanol–water partition coefficient (Wildman–Crippen LogP) is 4.39. The van der Waals surface area contributed by atoms with Crippen LogP contribution in [0.5, 0.6) is 0 Å². The minimum Gasteiger partial charge on any atom is -0.206 e. The fourth-order valence-corrected chi connectivity index (χ4v) is 2.23. The number of rotatable bonds is 1. The topological polar surface area (TPSA) is 0 Å². The molecule has 2 aromatic carbocycles. The van der Waals surface area contributed by atoms with E-state index in [2.05, 4.69) is 25.8 Å². The highest BCUT2D eigenvalue weighted by Crippen LogP contribution is 2.30. The summed E-state index contributed by atoms with van der Waals surface area (Å²) in [4.78, 5) is 0. The third-order valence-electron chi connectivity index (χ3n) is 3.01. The number of aryl methyl sites for hydroxylation is 1. The van der Waals surface area contributed by atoms with E-state index in [-0.39, 0.29) is 5.82 Å². The number of terminal acetylenes is 1. The molecule has 0 fully saturated rings. The molecule has 0 aliphatic carbocycles. The highest BCUT2D eigenvalue weighted by atomic mass is 19.1. The van der Waals surface area contributed by atoms with Crippen molar-refractivity contribution in [1.82, 2.24) is 0 Å². The Bertz CT molecular complexity index is 615. The van der Waals surface area contributed by atoms with Crippen LogP contribution in [0.4, 0.5) is 4.39 Å². The average molecular weight is 226 g/mol. The molecule has 86 valence electrons. The normalized spacial score (nSPS) is 10.8. The molecule has 2 aromatic rings. The molecule has 0 saturated heterocycles. The molecule has 0 amide bonds. The Balaban J connectivity index is 2.98. The fraction of sp³-hybridized carbons (Fsp3) is 0.250. The van der Waals surface area contributed by atoms with E-state index in [4.69, 9.17) is 6.42 Å². The van der Waals surface area contributed by atoms with Crippen LogP contribution in [0.1, 0.15) is 36.5 Å². The minimum absolute atomic E-state index is 0.314. The summed E-state index contributed by atoms with van der Waals surface area (Å²) < 4.78 is 13.7. The number of fused-ring (bicyclic) bond motifs is 1. The van der Waals surface area contributed by atoms with Crippen LogP contribution in [0.15, 0.2) is 24.3 Å². The smallest absolute Gasteiger partial charge is 0.139 e. The van der Waals surface area contributed by atoms with Gasteiger partial charge in [0.25, 0.3) is 0 Å². The van der Waals surface area contributed by atoms with E-state index in [1.807, 2.05) is 13.0 Å². The van der Waals surface area contributed by atoms with Gasteiger partial charge in [-0.05, 0) is 29.9 Å². The fourth-order valence-electron chi connectivity index (χ4n) is 2.23. The first-order valence-electron chi connectivity index (χ1n) is 5.74. The zero-order chi connectivity index (χ0) is 12.6. The third kappa shape index (κ3) is 1.91. The summed E-state index contributed by atoms with van der Waals surface area (Å²) in [5, 5.41) is 1.90. The second kappa shape index (κ2) is 4.22.